The van der Waals surface area contributed by atoms with E-state index >= 15 is 0 Å². The Balaban J connectivity index is 2.52. The number of carboxylic acid groups (broad SMARTS) is 1. The van der Waals surface area contributed by atoms with Crippen LogP contribution < -0.4 is 0 Å². The number of alkyl halides is 3. The summed E-state index contributed by atoms with van der Waals surface area (Å²) in [6, 6.07) is 0. The van der Waals surface area contributed by atoms with Crippen LogP contribution in [0.2, 0.25) is 0 Å². The molecular formula is C8H8F3NO3S. The average Bonchev–Trinajstić information content (AvgIpc) is 2.60. The summed E-state index contributed by atoms with van der Waals surface area (Å²) >= 11 is 0.845. The van der Waals surface area contributed by atoms with E-state index in [0.29, 0.717) is 0 Å². The van der Waals surface area contributed by atoms with E-state index in [1.165, 1.54) is 5.38 Å². The summed E-state index contributed by atoms with van der Waals surface area (Å²) in [6.07, 6.45) is -6.33. The van der Waals surface area contributed by atoms with E-state index < -0.39 is 18.2 Å². The molecule has 0 aliphatic rings. The van der Waals surface area contributed by atoms with E-state index in [1.54, 1.807) is 0 Å². The van der Waals surface area contributed by atoms with Crippen molar-refractivity contribution in [2.75, 3.05) is 0 Å². The third kappa shape index (κ3) is 3.46. The van der Waals surface area contributed by atoms with E-state index in [9.17, 15) is 18.0 Å². The van der Waals surface area contributed by atoms with Crippen molar-refractivity contribution in [3.8, 4) is 0 Å². The smallest absolute Gasteiger partial charge is 0.414 e. The highest BCUT2D eigenvalue weighted by Crippen LogP contribution is 2.23. The molecule has 1 aromatic rings. The number of aromatic carboxylic acids is 1. The van der Waals surface area contributed by atoms with E-state index in [1.807, 2.05) is 0 Å². The zero-order chi connectivity index (χ0) is 12.3. The minimum absolute atomic E-state index is 0.168. The molecule has 0 aliphatic heterocycles. The Kier molecular flexibility index (Phi) is 3.87. The molecule has 0 spiro atoms. The van der Waals surface area contributed by atoms with Gasteiger partial charge in [0.1, 0.15) is 0 Å². The average molecular weight is 255 g/mol. The first-order chi connectivity index (χ1) is 7.30. The number of halogens is 3. The van der Waals surface area contributed by atoms with Crippen molar-refractivity contribution in [2.45, 2.75) is 25.8 Å². The van der Waals surface area contributed by atoms with Gasteiger partial charge in [-0.05, 0) is 6.92 Å². The molecule has 16 heavy (non-hydrogen) atoms. The number of hydrogen-bond donors (Lipinski definition) is 1. The van der Waals surface area contributed by atoms with Gasteiger partial charge in [-0.3, -0.25) is 0 Å². The van der Waals surface area contributed by atoms with E-state index in [4.69, 9.17) is 5.11 Å². The fourth-order valence-electron chi connectivity index (χ4n) is 0.776. The molecule has 1 heterocycles. The molecule has 0 fully saturated rings. The molecule has 1 rings (SSSR count). The van der Waals surface area contributed by atoms with Gasteiger partial charge in [-0.15, -0.1) is 11.3 Å². The number of thiazole rings is 1. The van der Waals surface area contributed by atoms with Gasteiger partial charge < -0.3 is 9.84 Å². The Morgan fingerprint density at radius 2 is 2.31 bits per heavy atom. The van der Waals surface area contributed by atoms with Gasteiger partial charge in [0.15, 0.2) is 6.10 Å². The lowest BCUT2D eigenvalue weighted by molar-refractivity contribution is -0.217. The highest BCUT2D eigenvalue weighted by atomic mass is 32.1. The standard InChI is InChI=1S/C8H8F3NO3S/c1-4(8(9,10)11)15-2-5-3-16-6(12-5)7(13)14/h3-4H,2H2,1H3,(H,13,14). The Bertz CT molecular complexity index is 377. The predicted octanol–water partition coefficient (Wildman–Crippen LogP) is 2.31. The van der Waals surface area contributed by atoms with Crippen molar-refractivity contribution >= 4 is 17.3 Å². The molecule has 8 heteroatoms. The summed E-state index contributed by atoms with van der Waals surface area (Å²) in [5.41, 5.74) is 0.179. The van der Waals surface area contributed by atoms with E-state index in [2.05, 4.69) is 9.72 Å². The van der Waals surface area contributed by atoms with Gasteiger partial charge in [0, 0.05) is 5.38 Å². The third-order valence-corrected chi connectivity index (χ3v) is 2.56. The molecule has 90 valence electrons. The second-order valence-electron chi connectivity index (χ2n) is 2.94. The molecule has 1 unspecified atom stereocenters. The number of rotatable bonds is 4. The Labute approximate surface area is 92.7 Å². The molecule has 0 bridgehead atoms. The lowest BCUT2D eigenvalue weighted by Gasteiger charge is -2.15. The number of aromatic nitrogens is 1. The molecule has 0 saturated heterocycles. The van der Waals surface area contributed by atoms with Crippen molar-refractivity contribution in [1.82, 2.24) is 4.98 Å². The second-order valence-corrected chi connectivity index (χ2v) is 3.80. The van der Waals surface area contributed by atoms with Crippen LogP contribution in [0.3, 0.4) is 0 Å². The van der Waals surface area contributed by atoms with Crippen LogP contribution in [0, 0.1) is 0 Å². The minimum Gasteiger partial charge on any atom is -0.476 e. The molecule has 0 amide bonds. The molecular weight excluding hydrogens is 247 g/mol. The van der Waals surface area contributed by atoms with Crippen LogP contribution in [0.15, 0.2) is 5.38 Å². The van der Waals surface area contributed by atoms with Crippen LogP contribution in [0.5, 0.6) is 0 Å². The molecule has 0 saturated carbocycles. The van der Waals surface area contributed by atoms with E-state index in [0.717, 1.165) is 18.3 Å². The summed E-state index contributed by atoms with van der Waals surface area (Å²) in [5, 5.41) is 9.72. The van der Waals surface area contributed by atoms with Crippen molar-refractivity contribution in [1.29, 1.82) is 0 Å². The molecule has 1 aromatic heterocycles. The molecule has 4 nitrogen and oxygen atoms in total. The van der Waals surface area contributed by atoms with E-state index in [-0.39, 0.29) is 17.3 Å². The zero-order valence-electron chi connectivity index (χ0n) is 8.11. The SMILES string of the molecule is CC(OCc1csc(C(=O)O)n1)C(F)(F)F. The maximum absolute atomic E-state index is 12.0. The van der Waals surface area contributed by atoms with Crippen LogP contribution in [0.1, 0.15) is 22.4 Å². The van der Waals surface area contributed by atoms with Gasteiger partial charge in [0.05, 0.1) is 12.3 Å². The van der Waals surface area contributed by atoms with Crippen LogP contribution in [0.4, 0.5) is 13.2 Å². The zero-order valence-corrected chi connectivity index (χ0v) is 8.93. The topological polar surface area (TPSA) is 59.4 Å². The molecule has 0 aliphatic carbocycles. The quantitative estimate of drug-likeness (QED) is 0.896. The molecule has 1 N–H and O–H groups in total. The number of carboxylic acids is 1. The number of nitrogens with zero attached hydrogens (tertiary/aromatic N) is 1. The number of hydrogen-bond acceptors (Lipinski definition) is 4. The lowest BCUT2D eigenvalue weighted by Crippen LogP contribution is -2.28. The maximum Gasteiger partial charge on any atom is 0.414 e. The van der Waals surface area contributed by atoms with Crippen molar-refractivity contribution < 1.29 is 27.8 Å². The lowest BCUT2D eigenvalue weighted by atomic mass is 10.4. The van der Waals surface area contributed by atoms with Gasteiger partial charge in [-0.2, -0.15) is 13.2 Å². The number of carbonyl (C=O) groups is 1. The van der Waals surface area contributed by atoms with Gasteiger partial charge in [0.2, 0.25) is 5.01 Å². The molecule has 0 aromatic carbocycles. The van der Waals surface area contributed by atoms with Crippen molar-refractivity contribution in [3.63, 3.8) is 0 Å². The normalized spacial score (nSPS) is 13.8. The monoisotopic (exact) mass is 255 g/mol. The number of ether oxygens (including phenoxy) is 1. The Morgan fingerprint density at radius 1 is 1.69 bits per heavy atom. The first-order valence-corrected chi connectivity index (χ1v) is 5.04. The first kappa shape index (κ1) is 12.9. The highest BCUT2D eigenvalue weighted by molar-refractivity contribution is 7.11. The van der Waals surface area contributed by atoms with Crippen LogP contribution in [-0.4, -0.2) is 28.3 Å². The van der Waals surface area contributed by atoms with Gasteiger partial charge in [-0.1, -0.05) is 0 Å². The molecule has 0 radical (unpaired) electrons. The largest absolute Gasteiger partial charge is 0.476 e. The van der Waals surface area contributed by atoms with Gasteiger partial charge >= 0.3 is 12.1 Å². The van der Waals surface area contributed by atoms with Gasteiger partial charge in [0.25, 0.3) is 0 Å². The Hall–Kier alpha value is -1.15. The van der Waals surface area contributed by atoms with Crippen molar-refractivity contribution in [3.05, 3.63) is 16.1 Å². The predicted molar refractivity (Wildman–Crippen MR) is 49.4 cm³/mol. The third-order valence-electron chi connectivity index (χ3n) is 1.68. The Morgan fingerprint density at radius 3 is 2.75 bits per heavy atom. The first-order valence-electron chi connectivity index (χ1n) is 4.16. The van der Waals surface area contributed by atoms with Crippen LogP contribution in [-0.2, 0) is 11.3 Å². The maximum atomic E-state index is 12.0. The molecule has 1 atom stereocenters. The summed E-state index contributed by atoms with van der Waals surface area (Å²) in [5.74, 6) is -1.21. The summed E-state index contributed by atoms with van der Waals surface area (Å²) < 4.78 is 40.7. The highest BCUT2D eigenvalue weighted by Gasteiger charge is 2.36. The van der Waals surface area contributed by atoms with Crippen LogP contribution >= 0.6 is 11.3 Å². The summed E-state index contributed by atoms with van der Waals surface area (Å²) in [4.78, 5) is 14.0. The minimum atomic E-state index is -4.42. The summed E-state index contributed by atoms with van der Waals surface area (Å²) in [6.45, 7) is 0.523. The summed E-state index contributed by atoms with van der Waals surface area (Å²) in [7, 11) is 0. The second kappa shape index (κ2) is 4.79. The fourth-order valence-corrected chi connectivity index (χ4v) is 1.42. The fraction of sp³-hybridized carbons (Fsp3) is 0.500. The van der Waals surface area contributed by atoms with Crippen LogP contribution in [0.25, 0.3) is 0 Å². The van der Waals surface area contributed by atoms with Gasteiger partial charge in [-0.25, -0.2) is 9.78 Å². The van der Waals surface area contributed by atoms with Crippen molar-refractivity contribution in [2.24, 2.45) is 0 Å².